The third-order valence-electron chi connectivity index (χ3n) is 3.91. The van der Waals surface area contributed by atoms with Gasteiger partial charge in [-0.25, -0.2) is 9.59 Å². The van der Waals surface area contributed by atoms with Gasteiger partial charge in [0.1, 0.15) is 5.75 Å². The van der Waals surface area contributed by atoms with Crippen molar-refractivity contribution >= 4 is 12.0 Å². The summed E-state index contributed by atoms with van der Waals surface area (Å²) in [6.07, 6.45) is 2.70. The van der Waals surface area contributed by atoms with Crippen molar-refractivity contribution in [1.29, 1.82) is 0 Å². The van der Waals surface area contributed by atoms with Crippen molar-refractivity contribution in [2.75, 3.05) is 13.2 Å². The zero-order valence-electron chi connectivity index (χ0n) is 15.1. The second-order valence-corrected chi connectivity index (χ2v) is 5.95. The van der Waals surface area contributed by atoms with E-state index in [0.29, 0.717) is 30.2 Å². The molecule has 6 heteroatoms. The summed E-state index contributed by atoms with van der Waals surface area (Å²) in [6, 6.07) is 6.50. The molecule has 1 aliphatic heterocycles. The van der Waals surface area contributed by atoms with Gasteiger partial charge in [0.25, 0.3) is 0 Å². The molecule has 0 radical (unpaired) electrons. The third-order valence-corrected chi connectivity index (χ3v) is 3.91. The first-order valence-electron chi connectivity index (χ1n) is 8.75. The molecule has 0 unspecified atom stereocenters. The van der Waals surface area contributed by atoms with Gasteiger partial charge in [0, 0.05) is 11.3 Å². The van der Waals surface area contributed by atoms with Crippen LogP contribution in [0.15, 0.2) is 35.5 Å². The van der Waals surface area contributed by atoms with Gasteiger partial charge in [-0.1, -0.05) is 38.5 Å². The van der Waals surface area contributed by atoms with E-state index < -0.39 is 12.0 Å². The maximum atomic E-state index is 12.5. The van der Waals surface area contributed by atoms with E-state index in [2.05, 4.69) is 17.6 Å². The summed E-state index contributed by atoms with van der Waals surface area (Å²) in [5, 5.41) is 5.46. The first kappa shape index (κ1) is 18.8. The molecule has 1 atom stereocenters. The van der Waals surface area contributed by atoms with Crippen LogP contribution in [0.25, 0.3) is 0 Å². The molecule has 1 aromatic carbocycles. The van der Waals surface area contributed by atoms with Crippen molar-refractivity contribution in [2.45, 2.75) is 46.1 Å². The van der Waals surface area contributed by atoms with E-state index in [-0.39, 0.29) is 6.03 Å². The highest BCUT2D eigenvalue weighted by atomic mass is 16.5. The summed E-state index contributed by atoms with van der Waals surface area (Å²) in [6.45, 7) is 6.66. The van der Waals surface area contributed by atoms with Crippen molar-refractivity contribution < 1.29 is 19.1 Å². The first-order valence-corrected chi connectivity index (χ1v) is 8.75. The Morgan fingerprint density at radius 3 is 2.64 bits per heavy atom. The Kier molecular flexibility index (Phi) is 6.86. The molecule has 0 saturated carbocycles. The Hall–Kier alpha value is -2.50. The van der Waals surface area contributed by atoms with E-state index in [4.69, 9.17) is 9.47 Å². The number of esters is 1. The summed E-state index contributed by atoms with van der Waals surface area (Å²) in [4.78, 5) is 24.5. The number of para-hydroxylation sites is 1. The van der Waals surface area contributed by atoms with Crippen LogP contribution in [0, 0.1) is 0 Å². The molecule has 2 amide bonds. The first-order chi connectivity index (χ1) is 12.1. The molecule has 0 spiro atoms. The van der Waals surface area contributed by atoms with Gasteiger partial charge >= 0.3 is 12.0 Å². The van der Waals surface area contributed by atoms with Gasteiger partial charge in [0.15, 0.2) is 0 Å². The standard InChI is InChI=1S/C19H26N2O4/c1-4-6-12-24-15-10-8-7-9-14(15)17-16(18(22)25-11-5-2)13(3)20-19(23)21-17/h7-10,17H,4-6,11-12H2,1-3H3,(H2,20,21,23)/t17-/m0/s1. The minimum absolute atomic E-state index is 0.338. The lowest BCUT2D eigenvalue weighted by molar-refractivity contribution is -0.139. The summed E-state index contributed by atoms with van der Waals surface area (Å²) in [5.41, 5.74) is 1.65. The number of urea groups is 1. The number of rotatable bonds is 8. The largest absolute Gasteiger partial charge is 0.493 e. The SMILES string of the molecule is CCCCOc1ccccc1[C@@H]1NC(=O)NC(C)=C1C(=O)OCCC. The van der Waals surface area contributed by atoms with E-state index in [9.17, 15) is 9.59 Å². The summed E-state index contributed by atoms with van der Waals surface area (Å²) in [5.74, 6) is 0.233. The Morgan fingerprint density at radius 2 is 1.92 bits per heavy atom. The van der Waals surface area contributed by atoms with Crippen molar-refractivity contribution in [3.05, 3.63) is 41.1 Å². The zero-order chi connectivity index (χ0) is 18.2. The molecular formula is C19H26N2O4. The third kappa shape index (κ3) is 4.75. The topological polar surface area (TPSA) is 76.7 Å². The minimum Gasteiger partial charge on any atom is -0.493 e. The van der Waals surface area contributed by atoms with Gasteiger partial charge in [0.2, 0.25) is 0 Å². The lowest BCUT2D eigenvalue weighted by Crippen LogP contribution is -2.45. The highest BCUT2D eigenvalue weighted by Gasteiger charge is 2.33. The molecule has 0 fully saturated rings. The predicted octanol–water partition coefficient (Wildman–Crippen LogP) is 3.45. The van der Waals surface area contributed by atoms with Crippen LogP contribution in [0.1, 0.15) is 51.6 Å². The van der Waals surface area contributed by atoms with Crippen LogP contribution in [0.5, 0.6) is 5.75 Å². The summed E-state index contributed by atoms with van der Waals surface area (Å²) in [7, 11) is 0. The van der Waals surface area contributed by atoms with Crippen molar-refractivity contribution in [2.24, 2.45) is 0 Å². The highest BCUT2D eigenvalue weighted by molar-refractivity contribution is 5.95. The number of allylic oxidation sites excluding steroid dienone is 1. The van der Waals surface area contributed by atoms with Gasteiger partial charge in [-0.05, 0) is 25.8 Å². The molecule has 136 valence electrons. The van der Waals surface area contributed by atoms with Crippen LogP contribution in [-0.4, -0.2) is 25.2 Å². The van der Waals surface area contributed by atoms with Gasteiger partial charge in [0.05, 0.1) is 24.8 Å². The average Bonchev–Trinajstić information content (AvgIpc) is 2.59. The molecule has 1 aliphatic rings. The molecule has 25 heavy (non-hydrogen) atoms. The maximum Gasteiger partial charge on any atom is 0.338 e. The quantitative estimate of drug-likeness (QED) is 0.558. The van der Waals surface area contributed by atoms with Crippen LogP contribution in [0.2, 0.25) is 0 Å². The Balaban J connectivity index is 2.35. The highest BCUT2D eigenvalue weighted by Crippen LogP contribution is 2.33. The van der Waals surface area contributed by atoms with Crippen LogP contribution >= 0.6 is 0 Å². The Bertz CT molecular complexity index is 655. The van der Waals surface area contributed by atoms with E-state index >= 15 is 0 Å². The molecule has 2 rings (SSSR count). The monoisotopic (exact) mass is 346 g/mol. The summed E-state index contributed by atoms with van der Waals surface area (Å²) < 4.78 is 11.2. The fourth-order valence-electron chi connectivity index (χ4n) is 2.65. The average molecular weight is 346 g/mol. The number of amides is 2. The number of carbonyl (C=O) groups excluding carboxylic acids is 2. The van der Waals surface area contributed by atoms with Gasteiger partial charge < -0.3 is 20.1 Å². The number of ether oxygens (including phenoxy) is 2. The Morgan fingerprint density at radius 1 is 1.16 bits per heavy atom. The van der Waals surface area contributed by atoms with Crippen molar-refractivity contribution in [3.8, 4) is 5.75 Å². The van der Waals surface area contributed by atoms with Crippen LogP contribution in [0.4, 0.5) is 4.79 Å². The second kappa shape index (κ2) is 9.11. The number of benzene rings is 1. The van der Waals surface area contributed by atoms with E-state index in [0.717, 1.165) is 24.8 Å². The molecule has 0 bridgehead atoms. The fourth-order valence-corrected chi connectivity index (χ4v) is 2.65. The maximum absolute atomic E-state index is 12.5. The smallest absolute Gasteiger partial charge is 0.338 e. The molecule has 6 nitrogen and oxygen atoms in total. The second-order valence-electron chi connectivity index (χ2n) is 5.95. The molecular weight excluding hydrogens is 320 g/mol. The normalized spacial score (nSPS) is 16.9. The number of hydrogen-bond donors (Lipinski definition) is 2. The van der Waals surface area contributed by atoms with Crippen LogP contribution in [-0.2, 0) is 9.53 Å². The van der Waals surface area contributed by atoms with Crippen LogP contribution < -0.4 is 15.4 Å². The van der Waals surface area contributed by atoms with Gasteiger partial charge in [-0.2, -0.15) is 0 Å². The number of carbonyl (C=O) groups is 2. The molecule has 0 saturated heterocycles. The van der Waals surface area contributed by atoms with E-state index in [1.54, 1.807) is 6.92 Å². The Labute approximate surface area is 148 Å². The van der Waals surface area contributed by atoms with Crippen molar-refractivity contribution in [1.82, 2.24) is 10.6 Å². The zero-order valence-corrected chi connectivity index (χ0v) is 15.1. The fraction of sp³-hybridized carbons (Fsp3) is 0.474. The van der Waals surface area contributed by atoms with Gasteiger partial charge in [-0.3, -0.25) is 0 Å². The van der Waals surface area contributed by atoms with E-state index in [1.807, 2.05) is 31.2 Å². The molecule has 0 aromatic heterocycles. The molecule has 1 aromatic rings. The lowest BCUT2D eigenvalue weighted by Gasteiger charge is -2.29. The number of nitrogens with one attached hydrogen (secondary N) is 2. The van der Waals surface area contributed by atoms with Crippen LogP contribution in [0.3, 0.4) is 0 Å². The molecule has 0 aliphatic carbocycles. The lowest BCUT2D eigenvalue weighted by atomic mass is 9.95. The predicted molar refractivity (Wildman–Crippen MR) is 95.2 cm³/mol. The van der Waals surface area contributed by atoms with Crippen molar-refractivity contribution in [3.63, 3.8) is 0 Å². The molecule has 1 heterocycles. The molecule has 2 N–H and O–H groups in total. The minimum atomic E-state index is -0.601. The summed E-state index contributed by atoms with van der Waals surface area (Å²) >= 11 is 0. The van der Waals surface area contributed by atoms with Gasteiger partial charge in [-0.15, -0.1) is 0 Å². The van der Waals surface area contributed by atoms with E-state index in [1.165, 1.54) is 0 Å². The number of unbranched alkanes of at least 4 members (excludes halogenated alkanes) is 1. The number of hydrogen-bond acceptors (Lipinski definition) is 4.